The van der Waals surface area contributed by atoms with E-state index in [0.29, 0.717) is 0 Å². The van der Waals surface area contributed by atoms with E-state index in [1.54, 1.807) is 0 Å². The van der Waals surface area contributed by atoms with Crippen molar-refractivity contribution >= 4 is 5.97 Å². The summed E-state index contributed by atoms with van der Waals surface area (Å²) in [6.45, 7) is 11.9. The van der Waals surface area contributed by atoms with Crippen molar-refractivity contribution in [1.82, 2.24) is 0 Å². The van der Waals surface area contributed by atoms with Crippen LogP contribution in [0.15, 0.2) is 11.6 Å². The summed E-state index contributed by atoms with van der Waals surface area (Å²) < 4.78 is 5.06. The van der Waals surface area contributed by atoms with Crippen LogP contribution in [0, 0.1) is 16.7 Å². The highest BCUT2D eigenvalue weighted by Gasteiger charge is 2.74. The zero-order valence-electron chi connectivity index (χ0n) is 12.4. The molecule has 4 atom stereocenters. The monoisotopic (exact) mass is 254 g/mol. The molecule has 3 heteroatoms. The second-order valence-corrected chi connectivity index (χ2v) is 5.71. The van der Waals surface area contributed by atoms with Crippen molar-refractivity contribution < 1.29 is 14.6 Å². The Morgan fingerprint density at radius 2 is 2.06 bits per heavy atom. The van der Waals surface area contributed by atoms with Gasteiger partial charge in [-0.2, -0.15) is 0 Å². The Labute approximate surface area is 110 Å². The van der Waals surface area contributed by atoms with Crippen LogP contribution in [0.2, 0.25) is 0 Å². The van der Waals surface area contributed by atoms with Crippen molar-refractivity contribution in [2.45, 2.75) is 60.7 Å². The molecule has 3 nitrogen and oxygen atoms in total. The Morgan fingerprint density at radius 3 is 2.39 bits per heavy atom. The number of allylic oxidation sites excluding steroid dienone is 1. The van der Waals surface area contributed by atoms with Crippen LogP contribution in [0.4, 0.5) is 0 Å². The lowest BCUT2D eigenvalue weighted by atomic mass is 9.89. The molecule has 1 saturated carbocycles. The molecule has 0 radical (unpaired) electrons. The van der Waals surface area contributed by atoms with Crippen molar-refractivity contribution in [3.05, 3.63) is 11.6 Å². The fourth-order valence-corrected chi connectivity index (χ4v) is 3.05. The van der Waals surface area contributed by atoms with Crippen molar-refractivity contribution in [1.29, 1.82) is 0 Å². The predicted octanol–water partition coefficient (Wildman–Crippen LogP) is 3.28. The molecule has 1 aliphatic rings. The van der Waals surface area contributed by atoms with E-state index in [0.717, 1.165) is 12.8 Å². The summed E-state index contributed by atoms with van der Waals surface area (Å²) in [7, 11) is 0. The van der Waals surface area contributed by atoms with Crippen molar-refractivity contribution in [3.63, 3.8) is 0 Å². The number of aliphatic hydroxyl groups is 1. The van der Waals surface area contributed by atoms with E-state index in [1.807, 2.05) is 6.92 Å². The molecule has 0 bridgehead atoms. The standard InChI is InChI=1S/C15H26O3/c1-7-10(3)9-15(13(17)18-12(5)16)11(4)14(15,6)8-2/h9,11-12,16H,7-8H2,1-6H3/b10-9-. The van der Waals surface area contributed by atoms with E-state index in [-0.39, 0.29) is 17.3 Å². The number of hydrogen-bond acceptors (Lipinski definition) is 3. The van der Waals surface area contributed by atoms with E-state index in [2.05, 4.69) is 33.8 Å². The zero-order chi connectivity index (χ0) is 14.1. The van der Waals surface area contributed by atoms with Crippen LogP contribution in [0.5, 0.6) is 0 Å². The van der Waals surface area contributed by atoms with Crippen molar-refractivity contribution in [2.24, 2.45) is 16.7 Å². The lowest BCUT2D eigenvalue weighted by Gasteiger charge is -2.19. The van der Waals surface area contributed by atoms with Crippen LogP contribution < -0.4 is 0 Å². The van der Waals surface area contributed by atoms with Gasteiger partial charge in [0.25, 0.3) is 0 Å². The van der Waals surface area contributed by atoms with Gasteiger partial charge in [-0.15, -0.1) is 0 Å². The maximum atomic E-state index is 12.3. The largest absolute Gasteiger partial charge is 0.436 e. The van der Waals surface area contributed by atoms with Crippen LogP contribution in [0.1, 0.15) is 54.4 Å². The summed E-state index contributed by atoms with van der Waals surface area (Å²) in [5, 5.41) is 9.27. The number of rotatable bonds is 5. The fraction of sp³-hybridized carbons (Fsp3) is 0.800. The molecule has 0 heterocycles. The van der Waals surface area contributed by atoms with Gasteiger partial charge < -0.3 is 9.84 Å². The minimum atomic E-state index is -1.04. The van der Waals surface area contributed by atoms with Gasteiger partial charge in [0.05, 0.1) is 5.41 Å². The Bertz CT molecular complexity index is 359. The first kappa shape index (κ1) is 15.2. The normalized spacial score (nSPS) is 37.3. The molecule has 1 N–H and O–H groups in total. The highest BCUT2D eigenvalue weighted by Crippen LogP contribution is 2.72. The Morgan fingerprint density at radius 1 is 1.50 bits per heavy atom. The molecule has 1 rings (SSSR count). The van der Waals surface area contributed by atoms with Crippen molar-refractivity contribution in [2.75, 3.05) is 0 Å². The molecule has 104 valence electrons. The molecule has 1 aliphatic carbocycles. The fourth-order valence-electron chi connectivity index (χ4n) is 3.05. The maximum absolute atomic E-state index is 12.3. The second-order valence-electron chi connectivity index (χ2n) is 5.71. The molecule has 0 aliphatic heterocycles. The molecule has 0 spiro atoms. The highest BCUT2D eigenvalue weighted by molar-refractivity contribution is 5.85. The van der Waals surface area contributed by atoms with Crippen molar-refractivity contribution in [3.8, 4) is 0 Å². The Kier molecular flexibility index (Phi) is 4.26. The van der Waals surface area contributed by atoms with Gasteiger partial charge >= 0.3 is 5.97 Å². The van der Waals surface area contributed by atoms with E-state index >= 15 is 0 Å². The van der Waals surface area contributed by atoms with Gasteiger partial charge in [0.1, 0.15) is 0 Å². The van der Waals surface area contributed by atoms with Crippen LogP contribution in [-0.4, -0.2) is 17.4 Å². The SMILES string of the molecule is CC/C(C)=C\C1(C(=O)OC(C)O)C(C)C1(C)CC. The first-order valence-corrected chi connectivity index (χ1v) is 6.83. The molecular weight excluding hydrogens is 228 g/mol. The summed E-state index contributed by atoms with van der Waals surface area (Å²) in [5.74, 6) is -0.0371. The molecule has 4 unspecified atom stereocenters. The van der Waals surface area contributed by atoms with E-state index in [9.17, 15) is 9.90 Å². The molecule has 0 saturated heterocycles. The van der Waals surface area contributed by atoms with E-state index in [1.165, 1.54) is 12.5 Å². The zero-order valence-corrected chi connectivity index (χ0v) is 12.4. The number of carbonyl (C=O) groups is 1. The topological polar surface area (TPSA) is 46.5 Å². The van der Waals surface area contributed by atoms with Gasteiger partial charge in [-0.3, -0.25) is 4.79 Å². The minimum absolute atomic E-state index is 0.0601. The molecule has 0 amide bonds. The molecule has 0 aromatic heterocycles. The van der Waals surface area contributed by atoms with Crippen LogP contribution in [0.3, 0.4) is 0 Å². The minimum Gasteiger partial charge on any atom is -0.436 e. The summed E-state index contributed by atoms with van der Waals surface area (Å²) >= 11 is 0. The highest BCUT2D eigenvalue weighted by atomic mass is 16.6. The number of ether oxygens (including phenoxy) is 1. The average Bonchev–Trinajstić information content (AvgIpc) is 2.77. The molecular formula is C15H26O3. The van der Waals surface area contributed by atoms with E-state index < -0.39 is 11.7 Å². The summed E-state index contributed by atoms with van der Waals surface area (Å²) in [6.07, 6.45) is 2.87. The number of hydrogen-bond donors (Lipinski definition) is 1. The third kappa shape index (κ3) is 2.09. The Balaban J connectivity index is 3.11. The van der Waals surface area contributed by atoms with Gasteiger partial charge in [0, 0.05) is 0 Å². The van der Waals surface area contributed by atoms with Gasteiger partial charge in [-0.25, -0.2) is 0 Å². The first-order valence-electron chi connectivity index (χ1n) is 6.83. The van der Waals surface area contributed by atoms with E-state index in [4.69, 9.17) is 4.74 Å². The quantitative estimate of drug-likeness (QED) is 0.465. The number of aliphatic hydroxyl groups excluding tert-OH is 1. The molecule has 0 aromatic rings. The number of carbonyl (C=O) groups excluding carboxylic acids is 1. The average molecular weight is 254 g/mol. The molecule has 0 aromatic carbocycles. The lowest BCUT2D eigenvalue weighted by molar-refractivity contribution is -0.171. The van der Waals surface area contributed by atoms with Crippen LogP contribution >= 0.6 is 0 Å². The second kappa shape index (κ2) is 5.04. The predicted molar refractivity (Wildman–Crippen MR) is 71.8 cm³/mol. The van der Waals surface area contributed by atoms with Gasteiger partial charge in [0.15, 0.2) is 6.29 Å². The molecule has 1 fully saturated rings. The van der Waals surface area contributed by atoms with Gasteiger partial charge in [0.2, 0.25) is 0 Å². The maximum Gasteiger partial charge on any atom is 0.319 e. The summed E-state index contributed by atoms with van der Waals surface area (Å²) in [5.41, 5.74) is 0.579. The van der Waals surface area contributed by atoms with Crippen LogP contribution in [-0.2, 0) is 9.53 Å². The number of esters is 1. The molecule has 18 heavy (non-hydrogen) atoms. The first-order chi connectivity index (χ1) is 8.26. The van der Waals surface area contributed by atoms with Gasteiger partial charge in [-0.05, 0) is 38.0 Å². The summed E-state index contributed by atoms with van der Waals surface area (Å²) in [4.78, 5) is 12.3. The third-order valence-electron chi connectivity index (χ3n) is 4.88. The summed E-state index contributed by atoms with van der Waals surface area (Å²) in [6, 6.07) is 0. The Hall–Kier alpha value is -0.830. The third-order valence-corrected chi connectivity index (χ3v) is 4.88. The lowest BCUT2D eigenvalue weighted by Crippen LogP contribution is -2.27. The van der Waals surface area contributed by atoms with Crippen LogP contribution in [0.25, 0.3) is 0 Å². The van der Waals surface area contributed by atoms with Gasteiger partial charge in [-0.1, -0.05) is 39.3 Å². The smallest absolute Gasteiger partial charge is 0.319 e.